The van der Waals surface area contributed by atoms with Gasteiger partial charge in [-0.2, -0.15) is 0 Å². The van der Waals surface area contributed by atoms with Crippen molar-refractivity contribution in [2.45, 2.75) is 19.8 Å². The third-order valence-electron chi connectivity index (χ3n) is 4.40. The Morgan fingerprint density at radius 3 is 2.62 bits per heavy atom. The lowest BCUT2D eigenvalue weighted by molar-refractivity contribution is -0.121. The Bertz CT molecular complexity index is 736. The number of carbonyl (C=O) groups is 2. The third-order valence-corrected chi connectivity index (χ3v) is 4.40. The number of nitrogens with one attached hydrogen (secondary N) is 2. The van der Waals surface area contributed by atoms with E-state index < -0.39 is 5.82 Å². The monoisotopic (exact) mass is 356 g/mol. The fraction of sp³-hybridized carbons (Fsp3) is 0.316. The van der Waals surface area contributed by atoms with Gasteiger partial charge in [-0.25, -0.2) is 14.2 Å². The summed E-state index contributed by atoms with van der Waals surface area (Å²) in [6.07, 6.45) is 2.81. The number of urea groups is 1. The van der Waals surface area contributed by atoms with Gasteiger partial charge in [0.15, 0.2) is 0 Å². The minimum atomic E-state index is -0.400. The highest BCUT2D eigenvalue weighted by Crippen LogP contribution is 2.20. The van der Waals surface area contributed by atoms with E-state index in [0.29, 0.717) is 37.4 Å². The number of halogens is 1. The van der Waals surface area contributed by atoms with Crippen molar-refractivity contribution in [3.05, 3.63) is 54.0 Å². The number of likely N-dealkylation sites (tertiary alicyclic amines) is 1. The molecule has 0 unspecified atom stereocenters. The first-order chi connectivity index (χ1) is 12.5. The van der Waals surface area contributed by atoms with Gasteiger partial charge in [-0.15, -0.1) is 0 Å². The zero-order valence-electron chi connectivity index (χ0n) is 14.5. The summed E-state index contributed by atoms with van der Waals surface area (Å²) in [7, 11) is 0. The van der Waals surface area contributed by atoms with Crippen LogP contribution >= 0.6 is 0 Å². The molecule has 7 heteroatoms. The second-order valence-electron chi connectivity index (χ2n) is 6.41. The van der Waals surface area contributed by atoms with E-state index in [-0.39, 0.29) is 17.9 Å². The predicted octanol–water partition coefficient (Wildman–Crippen LogP) is 3.41. The van der Waals surface area contributed by atoms with Crippen LogP contribution in [0.3, 0.4) is 0 Å². The van der Waals surface area contributed by atoms with Crippen LogP contribution in [0.25, 0.3) is 0 Å². The number of hydrogen-bond acceptors (Lipinski definition) is 3. The number of hydrogen-bond donors (Lipinski definition) is 2. The minimum Gasteiger partial charge on any atom is -0.324 e. The second kappa shape index (κ2) is 7.95. The van der Waals surface area contributed by atoms with Gasteiger partial charge < -0.3 is 15.5 Å². The summed E-state index contributed by atoms with van der Waals surface area (Å²) in [5, 5.41) is 5.51. The highest BCUT2D eigenvalue weighted by molar-refractivity contribution is 5.92. The zero-order valence-corrected chi connectivity index (χ0v) is 14.5. The Balaban J connectivity index is 1.50. The minimum absolute atomic E-state index is 0.0757. The molecule has 0 aliphatic carbocycles. The molecule has 1 fully saturated rings. The Labute approximate surface area is 151 Å². The Hall–Kier alpha value is -2.96. The molecule has 2 aromatic rings. The molecule has 136 valence electrons. The number of pyridine rings is 1. The van der Waals surface area contributed by atoms with Crippen LogP contribution in [0.5, 0.6) is 0 Å². The van der Waals surface area contributed by atoms with Crippen LogP contribution in [-0.2, 0) is 4.79 Å². The van der Waals surface area contributed by atoms with Crippen LogP contribution in [0.2, 0.25) is 0 Å². The summed E-state index contributed by atoms with van der Waals surface area (Å²) in [6.45, 7) is 2.88. The fourth-order valence-electron chi connectivity index (χ4n) is 2.95. The second-order valence-corrected chi connectivity index (χ2v) is 6.41. The van der Waals surface area contributed by atoms with E-state index in [0.717, 1.165) is 5.56 Å². The number of rotatable bonds is 3. The lowest BCUT2D eigenvalue weighted by atomic mass is 9.96. The highest BCUT2D eigenvalue weighted by atomic mass is 19.1. The van der Waals surface area contributed by atoms with Gasteiger partial charge in [0.2, 0.25) is 5.91 Å². The first-order valence-corrected chi connectivity index (χ1v) is 8.56. The summed E-state index contributed by atoms with van der Waals surface area (Å²) in [5.74, 6) is -0.0898. The summed E-state index contributed by atoms with van der Waals surface area (Å²) in [4.78, 5) is 30.4. The average Bonchev–Trinajstić information content (AvgIpc) is 2.62. The molecular weight excluding hydrogens is 335 g/mol. The molecule has 2 heterocycles. The molecule has 1 aromatic heterocycles. The molecule has 0 bridgehead atoms. The van der Waals surface area contributed by atoms with Crippen molar-refractivity contribution in [2.75, 3.05) is 23.7 Å². The van der Waals surface area contributed by atoms with Crippen LogP contribution in [0.4, 0.5) is 20.7 Å². The van der Waals surface area contributed by atoms with Crippen molar-refractivity contribution < 1.29 is 14.0 Å². The molecule has 6 nitrogen and oxygen atoms in total. The van der Waals surface area contributed by atoms with Gasteiger partial charge >= 0.3 is 6.03 Å². The summed E-state index contributed by atoms with van der Waals surface area (Å²) in [5.41, 5.74) is 1.44. The summed E-state index contributed by atoms with van der Waals surface area (Å²) < 4.78 is 13.2. The first kappa shape index (κ1) is 17.8. The number of benzene rings is 1. The van der Waals surface area contributed by atoms with Gasteiger partial charge in [0.05, 0.1) is 0 Å². The Morgan fingerprint density at radius 1 is 1.15 bits per heavy atom. The van der Waals surface area contributed by atoms with Crippen molar-refractivity contribution in [1.29, 1.82) is 0 Å². The molecule has 0 spiro atoms. The largest absolute Gasteiger partial charge is 0.324 e. The normalized spacial score (nSPS) is 14.8. The SMILES string of the molecule is Cc1ccnc(NC(=O)C2CCN(C(=O)Nc3cccc(F)c3)CC2)c1. The molecule has 2 N–H and O–H groups in total. The maximum atomic E-state index is 13.2. The molecule has 1 aliphatic rings. The predicted molar refractivity (Wildman–Crippen MR) is 97.3 cm³/mol. The number of amides is 3. The van der Waals surface area contributed by atoms with E-state index in [1.54, 1.807) is 23.2 Å². The van der Waals surface area contributed by atoms with E-state index in [9.17, 15) is 14.0 Å². The molecule has 3 amide bonds. The molecule has 26 heavy (non-hydrogen) atoms. The van der Waals surface area contributed by atoms with Crippen molar-refractivity contribution in [2.24, 2.45) is 5.92 Å². The Kier molecular flexibility index (Phi) is 5.46. The van der Waals surface area contributed by atoms with Crippen LogP contribution in [0.1, 0.15) is 18.4 Å². The van der Waals surface area contributed by atoms with Gasteiger partial charge in [-0.3, -0.25) is 4.79 Å². The van der Waals surface area contributed by atoms with E-state index >= 15 is 0 Å². The van der Waals surface area contributed by atoms with Crippen molar-refractivity contribution in [3.63, 3.8) is 0 Å². The quantitative estimate of drug-likeness (QED) is 0.885. The fourth-order valence-corrected chi connectivity index (χ4v) is 2.95. The maximum Gasteiger partial charge on any atom is 0.321 e. The number of nitrogens with zero attached hydrogens (tertiary/aromatic N) is 2. The van der Waals surface area contributed by atoms with Crippen LogP contribution < -0.4 is 10.6 Å². The highest BCUT2D eigenvalue weighted by Gasteiger charge is 2.27. The molecule has 0 atom stereocenters. The van der Waals surface area contributed by atoms with Crippen LogP contribution in [0, 0.1) is 18.7 Å². The molecule has 1 aromatic carbocycles. The number of anilines is 2. The number of piperidine rings is 1. The van der Waals surface area contributed by atoms with Crippen LogP contribution in [-0.4, -0.2) is 34.9 Å². The molecule has 3 rings (SSSR count). The molecule has 1 saturated heterocycles. The van der Waals surface area contributed by atoms with Gasteiger partial charge in [0, 0.05) is 30.9 Å². The Morgan fingerprint density at radius 2 is 1.92 bits per heavy atom. The van der Waals surface area contributed by atoms with Crippen molar-refractivity contribution >= 4 is 23.4 Å². The van der Waals surface area contributed by atoms with Gasteiger partial charge in [-0.05, 0) is 55.7 Å². The number of aryl methyl sites for hydroxylation is 1. The molecule has 1 aliphatic heterocycles. The molecule has 0 radical (unpaired) electrons. The van der Waals surface area contributed by atoms with E-state index in [1.807, 2.05) is 19.1 Å². The van der Waals surface area contributed by atoms with Crippen molar-refractivity contribution in [3.8, 4) is 0 Å². The van der Waals surface area contributed by atoms with Gasteiger partial charge in [0.1, 0.15) is 11.6 Å². The average molecular weight is 356 g/mol. The van der Waals surface area contributed by atoms with Crippen LogP contribution in [0.15, 0.2) is 42.6 Å². The van der Waals surface area contributed by atoms with E-state index in [1.165, 1.54) is 12.1 Å². The molecule has 0 saturated carbocycles. The summed E-state index contributed by atoms with van der Waals surface area (Å²) >= 11 is 0. The topological polar surface area (TPSA) is 74.3 Å². The smallest absolute Gasteiger partial charge is 0.321 e. The lowest BCUT2D eigenvalue weighted by Gasteiger charge is -2.31. The van der Waals surface area contributed by atoms with Gasteiger partial charge in [0.25, 0.3) is 0 Å². The standard InChI is InChI=1S/C19H21FN4O2/c1-13-5-8-21-17(11-13)23-18(25)14-6-9-24(10-7-14)19(26)22-16-4-2-3-15(20)12-16/h2-5,8,11-12,14H,6-7,9-10H2,1H3,(H,22,26)(H,21,23,25). The van der Waals surface area contributed by atoms with E-state index in [2.05, 4.69) is 15.6 Å². The van der Waals surface area contributed by atoms with Crippen molar-refractivity contribution in [1.82, 2.24) is 9.88 Å². The first-order valence-electron chi connectivity index (χ1n) is 8.56. The van der Waals surface area contributed by atoms with Gasteiger partial charge in [-0.1, -0.05) is 6.07 Å². The lowest BCUT2D eigenvalue weighted by Crippen LogP contribution is -2.43. The molecular formula is C19H21FN4O2. The zero-order chi connectivity index (χ0) is 18.5. The summed E-state index contributed by atoms with van der Waals surface area (Å²) in [6, 6.07) is 9.17. The number of aromatic nitrogens is 1. The number of carbonyl (C=O) groups excluding carboxylic acids is 2. The van der Waals surface area contributed by atoms with E-state index in [4.69, 9.17) is 0 Å². The maximum absolute atomic E-state index is 13.2. The third kappa shape index (κ3) is 4.56.